The fourth-order valence-corrected chi connectivity index (χ4v) is 6.02. The van der Waals surface area contributed by atoms with Crippen LogP contribution in [0.25, 0.3) is 16.5 Å². The number of sulfonamides is 1. The summed E-state index contributed by atoms with van der Waals surface area (Å²) in [5.41, 5.74) is 6.15. The molecule has 2 aromatic heterocycles. The van der Waals surface area contributed by atoms with Crippen LogP contribution in [0.15, 0.2) is 68.6 Å². The minimum absolute atomic E-state index is 0.0106. The molecule has 2 amide bonds. The van der Waals surface area contributed by atoms with Crippen molar-refractivity contribution < 1.29 is 18.3 Å². The molecule has 0 fully saturated rings. The van der Waals surface area contributed by atoms with Crippen LogP contribution in [0.1, 0.15) is 5.56 Å². The molecular formula is C22H17Cl2N5O5S2. The zero-order valence-electron chi connectivity index (χ0n) is 18.3. The highest BCUT2D eigenvalue weighted by molar-refractivity contribution is 7.92. The number of aromatic nitrogens is 1. The third-order valence-corrected chi connectivity index (χ3v) is 8.38. The zero-order chi connectivity index (χ0) is 26.2. The quantitative estimate of drug-likeness (QED) is 0.212. The summed E-state index contributed by atoms with van der Waals surface area (Å²) in [6.07, 6.45) is 0. The molecule has 186 valence electrons. The number of pyridine rings is 1. The van der Waals surface area contributed by atoms with Crippen LogP contribution in [-0.2, 0) is 10.0 Å². The number of urea groups is 1. The van der Waals surface area contributed by atoms with Crippen LogP contribution in [0, 0.1) is 0 Å². The van der Waals surface area contributed by atoms with Gasteiger partial charge in [0.2, 0.25) is 5.88 Å². The molecule has 0 spiro atoms. The van der Waals surface area contributed by atoms with E-state index in [0.29, 0.717) is 16.3 Å². The van der Waals surface area contributed by atoms with Crippen molar-refractivity contribution >= 4 is 72.9 Å². The van der Waals surface area contributed by atoms with Crippen molar-refractivity contribution in [2.75, 3.05) is 12.4 Å². The second kappa shape index (κ2) is 9.82. The van der Waals surface area contributed by atoms with Gasteiger partial charge in [0, 0.05) is 29.8 Å². The van der Waals surface area contributed by atoms with Gasteiger partial charge in [0.1, 0.15) is 10.0 Å². The molecule has 2 aromatic carbocycles. The number of halogens is 2. The van der Waals surface area contributed by atoms with E-state index in [2.05, 4.69) is 10.3 Å². The molecule has 0 aliphatic heterocycles. The Balaban J connectivity index is 1.62. The van der Waals surface area contributed by atoms with Crippen LogP contribution in [0.5, 0.6) is 5.88 Å². The molecule has 10 nitrogen and oxygen atoms in total. The average Bonchev–Trinajstić information content (AvgIpc) is 3.26. The molecule has 0 aliphatic rings. The smallest absolute Gasteiger partial charge is 0.333 e. The lowest BCUT2D eigenvalue weighted by Gasteiger charge is -2.14. The first-order chi connectivity index (χ1) is 17.0. The molecule has 4 aromatic rings. The number of aromatic hydroxyl groups is 1. The molecular weight excluding hydrogens is 549 g/mol. The molecule has 4 rings (SSSR count). The Kier molecular flexibility index (Phi) is 6.96. The molecule has 0 bridgehead atoms. The van der Waals surface area contributed by atoms with Crippen LogP contribution < -0.4 is 21.3 Å². The summed E-state index contributed by atoms with van der Waals surface area (Å²) in [7, 11) is -2.58. The minimum Gasteiger partial charge on any atom is -0.494 e. The van der Waals surface area contributed by atoms with Gasteiger partial charge in [-0.15, -0.1) is 11.3 Å². The number of aliphatic imine (C=N–C) groups is 1. The monoisotopic (exact) mass is 565 g/mol. The summed E-state index contributed by atoms with van der Waals surface area (Å²) < 4.78 is 27.6. The SMILES string of the molecule is CN=C(N)c1ccc2c(O)n(-c3ccc(NC(=O)NS(=O)(=O)c4ccc(Cl)s4)cc3Cl)c(=O)cc2c1. The number of rotatable bonds is 5. The van der Waals surface area contributed by atoms with Gasteiger partial charge in [0.25, 0.3) is 15.6 Å². The van der Waals surface area contributed by atoms with E-state index < -0.39 is 21.6 Å². The van der Waals surface area contributed by atoms with Crippen LogP contribution >= 0.6 is 34.5 Å². The Hall–Kier alpha value is -3.58. The lowest BCUT2D eigenvalue weighted by atomic mass is 10.1. The number of benzene rings is 2. The fraction of sp³-hybridized carbons (Fsp3) is 0.0455. The van der Waals surface area contributed by atoms with Gasteiger partial charge in [0.15, 0.2) is 0 Å². The van der Waals surface area contributed by atoms with Crippen molar-refractivity contribution in [3.63, 3.8) is 0 Å². The van der Waals surface area contributed by atoms with E-state index in [1.54, 1.807) is 18.2 Å². The van der Waals surface area contributed by atoms with Crippen LogP contribution in [-0.4, -0.2) is 37.0 Å². The van der Waals surface area contributed by atoms with Gasteiger partial charge in [-0.25, -0.2) is 22.5 Å². The molecule has 0 unspecified atom stereocenters. The second-order valence-electron chi connectivity index (χ2n) is 7.34. The molecule has 0 radical (unpaired) electrons. The Morgan fingerprint density at radius 1 is 1.11 bits per heavy atom. The largest absolute Gasteiger partial charge is 0.494 e. The van der Waals surface area contributed by atoms with Crippen LogP contribution in [0.4, 0.5) is 10.5 Å². The number of amides is 2. The van der Waals surface area contributed by atoms with Crippen LogP contribution in [0.2, 0.25) is 9.36 Å². The van der Waals surface area contributed by atoms with Crippen molar-refractivity contribution in [1.82, 2.24) is 9.29 Å². The normalized spacial score (nSPS) is 12.0. The molecule has 2 heterocycles. The highest BCUT2D eigenvalue weighted by Crippen LogP contribution is 2.31. The van der Waals surface area contributed by atoms with Gasteiger partial charge in [-0.2, -0.15) is 0 Å². The fourth-order valence-electron chi connectivity index (χ4n) is 3.37. The minimum atomic E-state index is -4.12. The Bertz CT molecular complexity index is 1710. The van der Waals surface area contributed by atoms with Gasteiger partial charge in [-0.3, -0.25) is 9.79 Å². The lowest BCUT2D eigenvalue weighted by Crippen LogP contribution is -2.33. The third kappa shape index (κ3) is 5.02. The van der Waals surface area contributed by atoms with E-state index >= 15 is 0 Å². The van der Waals surface area contributed by atoms with Gasteiger partial charge < -0.3 is 16.2 Å². The van der Waals surface area contributed by atoms with E-state index in [4.69, 9.17) is 28.9 Å². The number of fused-ring (bicyclic) bond motifs is 1. The maximum absolute atomic E-state index is 12.8. The Morgan fingerprint density at radius 2 is 1.86 bits per heavy atom. The summed E-state index contributed by atoms with van der Waals surface area (Å²) >= 11 is 12.9. The Morgan fingerprint density at radius 3 is 2.50 bits per heavy atom. The standard InChI is InChI=1S/C22H17Cl2N5O5S2/c1-26-20(25)11-2-4-14-12(8-11)9-18(30)29(21(14)31)16-5-3-13(10-15(16)23)27-22(32)28-36(33,34)19-7-6-17(24)35-19/h2-10,31H,1H3,(H2,25,26)(H2,27,28,32). The molecule has 0 atom stereocenters. The first-order valence-electron chi connectivity index (χ1n) is 10.0. The predicted molar refractivity (Wildman–Crippen MR) is 142 cm³/mol. The lowest BCUT2D eigenvalue weighted by molar-refractivity contribution is 0.256. The number of amidine groups is 1. The predicted octanol–water partition coefficient (Wildman–Crippen LogP) is 3.91. The molecule has 14 heteroatoms. The van der Waals surface area contributed by atoms with E-state index in [9.17, 15) is 23.1 Å². The number of nitrogens with zero attached hydrogens (tertiary/aromatic N) is 2. The van der Waals surface area contributed by atoms with Crippen molar-refractivity contribution in [3.05, 3.63) is 79.9 Å². The van der Waals surface area contributed by atoms with Crippen molar-refractivity contribution in [3.8, 4) is 11.6 Å². The summed E-state index contributed by atoms with van der Waals surface area (Å²) in [4.78, 5) is 29.0. The Labute approximate surface area is 218 Å². The van der Waals surface area contributed by atoms with Gasteiger partial charge in [-0.1, -0.05) is 29.3 Å². The van der Waals surface area contributed by atoms with Gasteiger partial charge in [0.05, 0.1) is 15.0 Å². The van der Waals surface area contributed by atoms with E-state index in [1.165, 1.54) is 43.4 Å². The topological polar surface area (TPSA) is 156 Å². The third-order valence-electron chi connectivity index (χ3n) is 5.03. The molecule has 0 saturated carbocycles. The summed E-state index contributed by atoms with van der Waals surface area (Å²) in [6.45, 7) is 0. The van der Waals surface area contributed by atoms with E-state index in [1.807, 2.05) is 4.72 Å². The van der Waals surface area contributed by atoms with E-state index in [0.717, 1.165) is 15.9 Å². The summed E-state index contributed by atoms with van der Waals surface area (Å²) in [6, 6.07) is 12.0. The van der Waals surface area contributed by atoms with Crippen molar-refractivity contribution in [2.45, 2.75) is 4.21 Å². The number of anilines is 1. The van der Waals surface area contributed by atoms with Gasteiger partial charge >= 0.3 is 6.03 Å². The number of carbonyl (C=O) groups excluding carboxylic acids is 1. The van der Waals surface area contributed by atoms with Crippen molar-refractivity contribution in [1.29, 1.82) is 0 Å². The van der Waals surface area contributed by atoms with E-state index in [-0.39, 0.29) is 36.7 Å². The second-order valence-corrected chi connectivity index (χ2v) is 11.4. The maximum Gasteiger partial charge on any atom is 0.333 e. The first kappa shape index (κ1) is 25.5. The highest BCUT2D eigenvalue weighted by atomic mass is 35.5. The molecule has 0 aliphatic carbocycles. The number of hydrogen-bond donors (Lipinski definition) is 4. The molecule has 0 saturated heterocycles. The average molecular weight is 566 g/mol. The highest BCUT2D eigenvalue weighted by Gasteiger charge is 2.20. The maximum atomic E-state index is 12.8. The van der Waals surface area contributed by atoms with Crippen LogP contribution in [0.3, 0.4) is 0 Å². The van der Waals surface area contributed by atoms with Crippen molar-refractivity contribution in [2.24, 2.45) is 10.7 Å². The zero-order valence-corrected chi connectivity index (χ0v) is 21.5. The number of nitrogens with two attached hydrogens (primary N) is 1. The molecule has 36 heavy (non-hydrogen) atoms. The number of nitrogens with one attached hydrogen (secondary N) is 2. The number of thiophene rings is 1. The first-order valence-corrected chi connectivity index (χ1v) is 13.1. The summed E-state index contributed by atoms with van der Waals surface area (Å²) in [5.74, 6) is -0.0696. The van der Waals surface area contributed by atoms with Gasteiger partial charge in [-0.05, 0) is 47.9 Å². The number of carbonyl (C=O) groups is 1. The molecule has 5 N–H and O–H groups in total. The number of hydrogen-bond acceptors (Lipinski definition) is 7. The summed E-state index contributed by atoms with van der Waals surface area (Å²) in [5, 5.41) is 14.0.